The summed E-state index contributed by atoms with van der Waals surface area (Å²) in [6.45, 7) is 4.76. The third-order valence-corrected chi connectivity index (χ3v) is 4.57. The summed E-state index contributed by atoms with van der Waals surface area (Å²) in [6.07, 6.45) is 3.62. The molecule has 1 atom stereocenters. The van der Waals surface area contributed by atoms with Crippen LogP contribution in [0.25, 0.3) is 0 Å². The number of hydrogen-bond acceptors (Lipinski definition) is 4. The Bertz CT molecular complexity index is 550. The van der Waals surface area contributed by atoms with Crippen LogP contribution in [0.2, 0.25) is 0 Å². The molecule has 6 heteroatoms. The van der Waals surface area contributed by atoms with Crippen LogP contribution in [0, 0.1) is 0 Å². The van der Waals surface area contributed by atoms with Gasteiger partial charge >= 0.3 is 5.97 Å². The van der Waals surface area contributed by atoms with Crippen LogP contribution in [-0.4, -0.2) is 65.6 Å². The fourth-order valence-corrected chi connectivity index (χ4v) is 3.31. The van der Waals surface area contributed by atoms with E-state index in [1.165, 1.54) is 11.8 Å². The summed E-state index contributed by atoms with van der Waals surface area (Å²) in [5, 5.41) is 9.00. The first kappa shape index (κ1) is 19.2. The lowest BCUT2D eigenvalue weighted by molar-refractivity contribution is -0.145. The van der Waals surface area contributed by atoms with Gasteiger partial charge in [0.05, 0.1) is 6.61 Å². The van der Waals surface area contributed by atoms with Gasteiger partial charge in [0.15, 0.2) is 0 Å². The Morgan fingerprint density at radius 1 is 1.24 bits per heavy atom. The molecule has 1 aromatic carbocycles. The van der Waals surface area contributed by atoms with Gasteiger partial charge in [0.1, 0.15) is 12.3 Å². The monoisotopic (exact) mass is 348 g/mol. The van der Waals surface area contributed by atoms with Crippen molar-refractivity contribution in [2.75, 3.05) is 32.8 Å². The van der Waals surface area contributed by atoms with Crippen molar-refractivity contribution in [3.63, 3.8) is 0 Å². The Balaban J connectivity index is 1.73. The minimum atomic E-state index is -0.950. The molecule has 1 aliphatic rings. The second kappa shape index (κ2) is 10.0. The average molecular weight is 348 g/mol. The lowest BCUT2D eigenvalue weighted by Crippen LogP contribution is -2.42. The van der Waals surface area contributed by atoms with Gasteiger partial charge in [-0.3, -0.25) is 9.59 Å². The summed E-state index contributed by atoms with van der Waals surface area (Å²) in [5.74, 6) is -0.212. The first-order chi connectivity index (χ1) is 12.1. The van der Waals surface area contributed by atoms with Crippen LogP contribution in [0.5, 0.6) is 5.75 Å². The highest BCUT2D eigenvalue weighted by Crippen LogP contribution is 2.17. The highest BCUT2D eigenvalue weighted by Gasteiger charge is 2.25. The number of nitrogens with zero attached hydrogens (tertiary/aromatic N) is 2. The molecular weight excluding hydrogens is 320 g/mol. The molecule has 6 nitrogen and oxygen atoms in total. The third-order valence-electron chi connectivity index (χ3n) is 4.57. The molecule has 0 aromatic heterocycles. The Labute approximate surface area is 149 Å². The van der Waals surface area contributed by atoms with Crippen molar-refractivity contribution in [1.29, 1.82) is 0 Å². The van der Waals surface area contributed by atoms with E-state index in [4.69, 9.17) is 9.84 Å². The number of carboxylic acids is 1. The minimum absolute atomic E-state index is 0.0270. The molecule has 138 valence electrons. The van der Waals surface area contributed by atoms with E-state index < -0.39 is 5.97 Å². The maximum absolute atomic E-state index is 11.8. The molecule has 0 radical (unpaired) electrons. The molecule has 0 aliphatic carbocycles. The van der Waals surface area contributed by atoms with Crippen molar-refractivity contribution >= 4 is 11.9 Å². The first-order valence-corrected chi connectivity index (χ1v) is 8.95. The van der Waals surface area contributed by atoms with Gasteiger partial charge in [-0.15, -0.1) is 0 Å². The van der Waals surface area contributed by atoms with Crippen molar-refractivity contribution in [3.8, 4) is 5.75 Å². The van der Waals surface area contributed by atoms with E-state index in [1.54, 1.807) is 0 Å². The molecule has 0 bridgehead atoms. The quantitative estimate of drug-likeness (QED) is 0.730. The number of aliphatic carboxylic acids is 1. The molecule has 1 heterocycles. The summed E-state index contributed by atoms with van der Waals surface area (Å²) in [7, 11) is 0. The van der Waals surface area contributed by atoms with Crippen LogP contribution in [-0.2, 0) is 9.59 Å². The average Bonchev–Trinajstić information content (AvgIpc) is 2.83. The number of likely N-dealkylation sites (tertiary alicyclic amines) is 1. The number of ether oxygens (including phenoxy) is 1. The van der Waals surface area contributed by atoms with Crippen molar-refractivity contribution in [2.24, 2.45) is 0 Å². The molecule has 1 aromatic rings. The van der Waals surface area contributed by atoms with E-state index in [1.807, 2.05) is 30.3 Å². The van der Waals surface area contributed by atoms with Gasteiger partial charge in [-0.1, -0.05) is 18.2 Å². The smallest absolute Gasteiger partial charge is 0.323 e. The number of para-hydroxylation sites is 1. The molecule has 1 N–H and O–H groups in total. The summed E-state index contributed by atoms with van der Waals surface area (Å²) >= 11 is 0. The van der Waals surface area contributed by atoms with Gasteiger partial charge in [0, 0.05) is 26.1 Å². The molecule has 1 saturated heterocycles. The minimum Gasteiger partial charge on any atom is -0.494 e. The van der Waals surface area contributed by atoms with Gasteiger partial charge in [0.2, 0.25) is 5.91 Å². The molecule has 25 heavy (non-hydrogen) atoms. The largest absolute Gasteiger partial charge is 0.494 e. The Kier molecular flexibility index (Phi) is 7.73. The van der Waals surface area contributed by atoms with Crippen LogP contribution in [0.1, 0.15) is 32.6 Å². The van der Waals surface area contributed by atoms with Crippen molar-refractivity contribution < 1.29 is 19.4 Å². The van der Waals surface area contributed by atoms with Gasteiger partial charge in [0.25, 0.3) is 0 Å². The molecule has 2 rings (SSSR count). The fourth-order valence-electron chi connectivity index (χ4n) is 3.31. The maximum Gasteiger partial charge on any atom is 0.323 e. The van der Waals surface area contributed by atoms with E-state index >= 15 is 0 Å². The highest BCUT2D eigenvalue weighted by molar-refractivity contribution is 5.79. The number of carboxylic acid groups (broad SMARTS) is 1. The predicted molar refractivity (Wildman–Crippen MR) is 95.7 cm³/mol. The molecule has 0 unspecified atom stereocenters. The number of rotatable bonds is 8. The van der Waals surface area contributed by atoms with E-state index in [0.29, 0.717) is 6.61 Å². The van der Waals surface area contributed by atoms with Crippen LogP contribution >= 0.6 is 0 Å². The van der Waals surface area contributed by atoms with Crippen molar-refractivity contribution in [2.45, 2.75) is 38.6 Å². The fraction of sp³-hybridized carbons (Fsp3) is 0.579. The molecule has 0 spiro atoms. The summed E-state index contributed by atoms with van der Waals surface area (Å²) in [4.78, 5) is 26.6. The summed E-state index contributed by atoms with van der Waals surface area (Å²) < 4.78 is 5.72. The first-order valence-electron chi connectivity index (χ1n) is 8.95. The SMILES string of the molecule is CC(=O)N(CC(=O)O)[C@@H]1CCCN(CCCOc2ccccc2)CC1. The van der Waals surface area contributed by atoms with Crippen molar-refractivity contribution in [3.05, 3.63) is 30.3 Å². The Hall–Kier alpha value is -2.08. The van der Waals surface area contributed by atoms with Gasteiger partial charge in [-0.2, -0.15) is 0 Å². The predicted octanol–water partition coefficient (Wildman–Crippen LogP) is 2.24. The molecule has 1 amide bonds. The summed E-state index contributed by atoms with van der Waals surface area (Å²) in [6, 6.07) is 9.82. The van der Waals surface area contributed by atoms with E-state index in [2.05, 4.69) is 4.90 Å². The normalized spacial score (nSPS) is 18.4. The standard InChI is InChI=1S/C19H28N2O4/c1-16(22)21(15-19(23)24)17-7-5-11-20(13-10-17)12-6-14-25-18-8-3-2-4-9-18/h2-4,8-9,17H,5-7,10-15H2,1H3,(H,23,24)/t17-/m1/s1. The number of hydrogen-bond donors (Lipinski definition) is 1. The number of carbonyl (C=O) groups is 2. The molecule has 0 saturated carbocycles. The number of carbonyl (C=O) groups excluding carboxylic acids is 1. The van der Waals surface area contributed by atoms with E-state index in [0.717, 1.165) is 51.1 Å². The number of benzene rings is 1. The van der Waals surface area contributed by atoms with Crippen LogP contribution in [0.15, 0.2) is 30.3 Å². The van der Waals surface area contributed by atoms with Gasteiger partial charge in [-0.25, -0.2) is 0 Å². The van der Waals surface area contributed by atoms with Crippen LogP contribution in [0.4, 0.5) is 0 Å². The Morgan fingerprint density at radius 2 is 2.00 bits per heavy atom. The maximum atomic E-state index is 11.8. The van der Waals surface area contributed by atoms with E-state index in [9.17, 15) is 9.59 Å². The topological polar surface area (TPSA) is 70.1 Å². The molecule has 1 fully saturated rings. The lowest BCUT2D eigenvalue weighted by atomic mass is 10.1. The second-order valence-corrected chi connectivity index (χ2v) is 6.48. The van der Waals surface area contributed by atoms with Gasteiger partial charge < -0.3 is 19.6 Å². The third kappa shape index (κ3) is 6.74. The molecular formula is C19H28N2O4. The Morgan fingerprint density at radius 3 is 2.68 bits per heavy atom. The zero-order valence-electron chi connectivity index (χ0n) is 14.9. The second-order valence-electron chi connectivity index (χ2n) is 6.48. The molecule has 1 aliphatic heterocycles. The van der Waals surface area contributed by atoms with Crippen LogP contribution in [0.3, 0.4) is 0 Å². The highest BCUT2D eigenvalue weighted by atomic mass is 16.5. The summed E-state index contributed by atoms with van der Waals surface area (Å²) in [5.41, 5.74) is 0. The zero-order valence-corrected chi connectivity index (χ0v) is 14.9. The van der Waals surface area contributed by atoms with E-state index in [-0.39, 0.29) is 18.5 Å². The van der Waals surface area contributed by atoms with Gasteiger partial charge in [-0.05, 0) is 44.4 Å². The van der Waals surface area contributed by atoms with Crippen LogP contribution < -0.4 is 4.74 Å². The van der Waals surface area contributed by atoms with Crippen molar-refractivity contribution in [1.82, 2.24) is 9.80 Å². The zero-order chi connectivity index (χ0) is 18.1. The number of amides is 1. The lowest BCUT2D eigenvalue weighted by Gasteiger charge is -2.29.